The lowest BCUT2D eigenvalue weighted by molar-refractivity contribution is -0.118. The standard InChI is InChI=1S/C18H19FN6O/c1-24-8-12-9-25(11-16-20-6-7-21-16)10-13(17(12)23-24)18(26)22-15-5-3-2-4-14(15)19/h2-8,13H,9-11H2,1H3,(H,20,21)(H,22,26). The molecule has 4 rings (SSSR count). The summed E-state index contributed by atoms with van der Waals surface area (Å²) in [7, 11) is 1.83. The summed E-state index contributed by atoms with van der Waals surface area (Å²) < 4.78 is 15.6. The number of imidazole rings is 1. The summed E-state index contributed by atoms with van der Waals surface area (Å²) in [6.07, 6.45) is 5.40. The molecule has 0 spiro atoms. The molecule has 1 aromatic carbocycles. The fourth-order valence-electron chi connectivity index (χ4n) is 3.33. The second kappa shape index (κ2) is 6.72. The lowest BCUT2D eigenvalue weighted by atomic mass is 9.95. The lowest BCUT2D eigenvalue weighted by Crippen LogP contribution is -2.38. The molecule has 3 aromatic rings. The molecular weight excluding hydrogens is 335 g/mol. The highest BCUT2D eigenvalue weighted by atomic mass is 19.1. The number of aromatic nitrogens is 4. The molecule has 0 bridgehead atoms. The van der Waals surface area contributed by atoms with E-state index in [1.165, 1.54) is 6.07 Å². The zero-order chi connectivity index (χ0) is 18.1. The Bertz CT molecular complexity index is 920. The molecule has 134 valence electrons. The van der Waals surface area contributed by atoms with Crippen molar-refractivity contribution < 1.29 is 9.18 Å². The van der Waals surface area contributed by atoms with Gasteiger partial charge in [-0.15, -0.1) is 0 Å². The van der Waals surface area contributed by atoms with Crippen LogP contribution in [0.25, 0.3) is 0 Å². The van der Waals surface area contributed by atoms with Crippen molar-refractivity contribution in [1.82, 2.24) is 24.6 Å². The smallest absolute Gasteiger partial charge is 0.234 e. The molecule has 8 heteroatoms. The summed E-state index contributed by atoms with van der Waals surface area (Å²) in [5, 5.41) is 7.16. The molecule has 1 aliphatic rings. The van der Waals surface area contributed by atoms with Crippen LogP contribution in [0.5, 0.6) is 0 Å². The van der Waals surface area contributed by atoms with Crippen LogP contribution < -0.4 is 5.32 Å². The number of anilines is 1. The first-order valence-corrected chi connectivity index (χ1v) is 8.38. The summed E-state index contributed by atoms with van der Waals surface area (Å²) in [4.78, 5) is 22.3. The second-order valence-electron chi connectivity index (χ2n) is 6.44. The van der Waals surface area contributed by atoms with Gasteiger partial charge in [0, 0.05) is 44.3 Å². The van der Waals surface area contributed by atoms with Crippen molar-refractivity contribution in [2.24, 2.45) is 7.05 Å². The van der Waals surface area contributed by atoms with Gasteiger partial charge >= 0.3 is 0 Å². The number of aryl methyl sites for hydroxylation is 1. The van der Waals surface area contributed by atoms with Crippen molar-refractivity contribution in [2.45, 2.75) is 19.0 Å². The minimum absolute atomic E-state index is 0.179. The van der Waals surface area contributed by atoms with E-state index in [0.717, 1.165) is 17.1 Å². The highest BCUT2D eigenvalue weighted by Gasteiger charge is 2.33. The molecule has 0 radical (unpaired) electrons. The van der Waals surface area contributed by atoms with Gasteiger partial charge in [-0.3, -0.25) is 14.4 Å². The van der Waals surface area contributed by atoms with Crippen molar-refractivity contribution in [3.05, 3.63) is 65.8 Å². The quantitative estimate of drug-likeness (QED) is 0.751. The van der Waals surface area contributed by atoms with Gasteiger partial charge in [-0.2, -0.15) is 5.10 Å². The Morgan fingerprint density at radius 3 is 3.04 bits per heavy atom. The fraction of sp³-hybridized carbons (Fsp3) is 0.278. The van der Waals surface area contributed by atoms with Crippen molar-refractivity contribution in [3.8, 4) is 0 Å². The van der Waals surface area contributed by atoms with Gasteiger partial charge in [0.15, 0.2) is 0 Å². The molecule has 0 fully saturated rings. The monoisotopic (exact) mass is 354 g/mol. The maximum atomic E-state index is 13.9. The fourth-order valence-corrected chi connectivity index (χ4v) is 3.33. The maximum absolute atomic E-state index is 13.9. The predicted molar refractivity (Wildman–Crippen MR) is 93.7 cm³/mol. The third-order valence-corrected chi connectivity index (χ3v) is 4.48. The van der Waals surface area contributed by atoms with Crippen LogP contribution in [-0.4, -0.2) is 37.1 Å². The number of rotatable bonds is 4. The molecule has 0 aliphatic carbocycles. The molecular formula is C18H19FN6O. The number of aromatic amines is 1. The predicted octanol–water partition coefficient (Wildman–Crippen LogP) is 2.02. The van der Waals surface area contributed by atoms with E-state index < -0.39 is 11.7 Å². The van der Waals surface area contributed by atoms with Crippen LogP contribution in [0.1, 0.15) is 23.0 Å². The van der Waals surface area contributed by atoms with Crippen LogP contribution in [0, 0.1) is 5.82 Å². The van der Waals surface area contributed by atoms with E-state index >= 15 is 0 Å². The number of benzene rings is 1. The van der Waals surface area contributed by atoms with Crippen LogP contribution in [-0.2, 0) is 24.9 Å². The van der Waals surface area contributed by atoms with E-state index in [9.17, 15) is 9.18 Å². The molecule has 1 amide bonds. The minimum Gasteiger partial charge on any atom is -0.348 e. The molecule has 2 aromatic heterocycles. The van der Waals surface area contributed by atoms with Gasteiger partial charge in [-0.25, -0.2) is 9.37 Å². The van der Waals surface area contributed by atoms with Crippen molar-refractivity contribution >= 4 is 11.6 Å². The van der Waals surface area contributed by atoms with Crippen molar-refractivity contribution in [2.75, 3.05) is 11.9 Å². The van der Waals surface area contributed by atoms with Crippen molar-refractivity contribution in [1.29, 1.82) is 0 Å². The average Bonchev–Trinajstić information content (AvgIpc) is 3.24. The molecule has 1 unspecified atom stereocenters. The summed E-state index contributed by atoms with van der Waals surface area (Å²) >= 11 is 0. The Labute approximate surface area is 149 Å². The summed E-state index contributed by atoms with van der Waals surface area (Å²) in [5.74, 6) is -0.357. The van der Waals surface area contributed by atoms with E-state index in [1.807, 2.05) is 13.2 Å². The molecule has 7 nitrogen and oxygen atoms in total. The summed E-state index contributed by atoms with van der Waals surface area (Å²) in [6.45, 7) is 1.78. The van der Waals surface area contributed by atoms with E-state index in [-0.39, 0.29) is 11.6 Å². The third kappa shape index (κ3) is 3.23. The number of nitrogens with zero attached hydrogens (tertiary/aromatic N) is 4. The van der Waals surface area contributed by atoms with Crippen molar-refractivity contribution in [3.63, 3.8) is 0 Å². The molecule has 1 aliphatic heterocycles. The number of amides is 1. The maximum Gasteiger partial charge on any atom is 0.234 e. The highest BCUT2D eigenvalue weighted by molar-refractivity contribution is 5.96. The number of para-hydroxylation sites is 1. The molecule has 1 atom stereocenters. The van der Waals surface area contributed by atoms with Crippen LogP contribution in [0.15, 0.2) is 42.9 Å². The number of hydrogen-bond acceptors (Lipinski definition) is 4. The van der Waals surface area contributed by atoms with E-state index in [0.29, 0.717) is 19.6 Å². The molecule has 0 saturated heterocycles. The number of halogens is 1. The van der Waals surface area contributed by atoms with E-state index in [1.54, 1.807) is 35.3 Å². The number of fused-ring (bicyclic) bond motifs is 1. The first-order chi connectivity index (χ1) is 12.6. The third-order valence-electron chi connectivity index (χ3n) is 4.48. The van der Waals surface area contributed by atoms with Crippen LogP contribution >= 0.6 is 0 Å². The zero-order valence-corrected chi connectivity index (χ0v) is 14.3. The molecule has 0 saturated carbocycles. The number of nitrogens with one attached hydrogen (secondary N) is 2. The second-order valence-corrected chi connectivity index (χ2v) is 6.44. The zero-order valence-electron chi connectivity index (χ0n) is 14.3. The molecule has 3 heterocycles. The van der Waals surface area contributed by atoms with Crippen LogP contribution in [0.2, 0.25) is 0 Å². The summed E-state index contributed by atoms with van der Waals surface area (Å²) in [5.41, 5.74) is 1.93. The number of hydrogen-bond donors (Lipinski definition) is 2. The van der Waals surface area contributed by atoms with Gasteiger partial charge in [0.2, 0.25) is 5.91 Å². The van der Waals surface area contributed by atoms with E-state index in [4.69, 9.17) is 0 Å². The first kappa shape index (κ1) is 16.5. The Hall–Kier alpha value is -3.00. The number of carbonyl (C=O) groups excluding carboxylic acids is 1. The van der Waals surface area contributed by atoms with E-state index in [2.05, 4.69) is 25.3 Å². The minimum atomic E-state index is -0.477. The SMILES string of the molecule is Cn1cc2c(n1)C(C(=O)Nc1ccccc1F)CN(Cc1ncc[nH]1)C2. The Morgan fingerprint density at radius 2 is 2.27 bits per heavy atom. The summed E-state index contributed by atoms with van der Waals surface area (Å²) in [6, 6.07) is 6.16. The van der Waals surface area contributed by atoms with Gasteiger partial charge in [0.1, 0.15) is 11.6 Å². The van der Waals surface area contributed by atoms with Gasteiger partial charge in [-0.05, 0) is 12.1 Å². The van der Waals surface area contributed by atoms with Gasteiger partial charge in [-0.1, -0.05) is 12.1 Å². The van der Waals surface area contributed by atoms with Crippen LogP contribution in [0.4, 0.5) is 10.1 Å². The Kier molecular flexibility index (Phi) is 4.26. The normalized spacial score (nSPS) is 17.1. The molecule has 2 N–H and O–H groups in total. The number of carbonyl (C=O) groups is 1. The largest absolute Gasteiger partial charge is 0.348 e. The Balaban J connectivity index is 1.58. The van der Waals surface area contributed by atoms with Crippen LogP contribution in [0.3, 0.4) is 0 Å². The number of H-pyrrole nitrogens is 1. The lowest BCUT2D eigenvalue weighted by Gasteiger charge is -2.30. The molecule has 26 heavy (non-hydrogen) atoms. The topological polar surface area (TPSA) is 78.8 Å². The van der Waals surface area contributed by atoms with Gasteiger partial charge in [0.05, 0.1) is 23.8 Å². The Morgan fingerprint density at radius 1 is 1.42 bits per heavy atom. The highest BCUT2D eigenvalue weighted by Crippen LogP contribution is 2.29. The average molecular weight is 354 g/mol. The van der Waals surface area contributed by atoms with Gasteiger partial charge < -0.3 is 10.3 Å². The first-order valence-electron chi connectivity index (χ1n) is 8.38. The van der Waals surface area contributed by atoms with Gasteiger partial charge in [0.25, 0.3) is 0 Å².